The largest absolute Gasteiger partial charge is 0.472 e. The minimum atomic E-state index is -4.39. The molecule has 0 aliphatic carbocycles. The lowest BCUT2D eigenvalue weighted by Gasteiger charge is -2.19. The first-order chi connectivity index (χ1) is 38.8. The number of carbonyl (C=O) groups excluding carboxylic acids is 2. The van der Waals surface area contributed by atoms with Gasteiger partial charge in [-0.15, -0.1) is 0 Å². The monoisotopic (exact) mass is 1130 g/mol. The molecular weight excluding hydrogens is 1000 g/mol. The summed E-state index contributed by atoms with van der Waals surface area (Å²) in [5.41, 5.74) is 5.40. The second-order valence-corrected chi connectivity index (χ2v) is 24.5. The summed E-state index contributed by atoms with van der Waals surface area (Å²) in [6.45, 7) is 3.70. The quantitative estimate of drug-likeness (QED) is 0.0264. The average molecular weight is 1130 g/mol. The van der Waals surface area contributed by atoms with Gasteiger partial charge in [0.05, 0.1) is 13.2 Å². The second kappa shape index (κ2) is 65.1. The zero-order chi connectivity index (χ0) is 57.3. The van der Waals surface area contributed by atoms with Crippen LogP contribution in [0.25, 0.3) is 0 Å². The zero-order valence-corrected chi connectivity index (χ0v) is 53.0. The van der Waals surface area contributed by atoms with Crippen molar-refractivity contribution in [3.8, 4) is 0 Å². The highest BCUT2D eigenvalue weighted by Crippen LogP contribution is 2.43. The van der Waals surface area contributed by atoms with Crippen molar-refractivity contribution < 1.29 is 37.6 Å². The van der Waals surface area contributed by atoms with Gasteiger partial charge in [0.15, 0.2) is 6.10 Å². The molecule has 0 rings (SSSR count). The van der Waals surface area contributed by atoms with Crippen LogP contribution in [0.4, 0.5) is 0 Å². The van der Waals surface area contributed by atoms with Crippen LogP contribution in [0.3, 0.4) is 0 Å². The molecule has 0 aromatic rings. The number of unbranched alkanes of at least 4 members (excludes halogenated alkanes) is 44. The third-order valence-corrected chi connectivity index (χ3v) is 16.2. The van der Waals surface area contributed by atoms with E-state index in [9.17, 15) is 19.0 Å². The van der Waals surface area contributed by atoms with Crippen molar-refractivity contribution in [2.45, 2.75) is 354 Å². The number of carbonyl (C=O) groups is 2. The van der Waals surface area contributed by atoms with Crippen LogP contribution in [0.1, 0.15) is 348 Å². The average Bonchev–Trinajstić information content (AvgIpc) is 3.44. The van der Waals surface area contributed by atoms with Crippen LogP contribution in [0.15, 0.2) is 48.6 Å². The molecule has 0 amide bonds. The van der Waals surface area contributed by atoms with E-state index >= 15 is 0 Å². The lowest BCUT2D eigenvalue weighted by molar-refractivity contribution is -0.161. The standard InChI is InChI=1S/C69H130NO8P/c1-3-5-7-9-11-13-15-17-19-21-23-24-25-26-27-28-29-30-31-32-33-34-35-36-37-38-39-40-41-42-44-46-48-50-52-54-56-58-60-62-69(72)78-67(66-77-79(73,74)76-64-63-70)65-75-68(71)61-59-57-55-53-51-49-47-45-43-22-20-18-16-14-12-10-8-6-4-2/h5,7,11,13,17,19,23-24,67H,3-4,6,8-10,12,14-16,18,20-22,25-66,70H2,1-2H3,(H,73,74)/b7-5-,13-11-,19-17-,24-23-. The summed E-state index contributed by atoms with van der Waals surface area (Å²) in [6.07, 6.45) is 82.2. The number of esters is 2. The summed E-state index contributed by atoms with van der Waals surface area (Å²) in [5, 5.41) is 0. The van der Waals surface area contributed by atoms with E-state index in [1.54, 1.807) is 0 Å². The fourth-order valence-electron chi connectivity index (χ4n) is 10.2. The lowest BCUT2D eigenvalue weighted by atomic mass is 10.0. The number of nitrogens with two attached hydrogens (primary N) is 1. The van der Waals surface area contributed by atoms with Crippen LogP contribution in [-0.4, -0.2) is 49.3 Å². The van der Waals surface area contributed by atoms with E-state index in [1.807, 2.05) is 0 Å². The molecule has 0 fully saturated rings. The fourth-order valence-corrected chi connectivity index (χ4v) is 11.0. The molecule has 0 aromatic carbocycles. The molecule has 79 heavy (non-hydrogen) atoms. The molecule has 10 heteroatoms. The Morgan fingerprint density at radius 1 is 0.392 bits per heavy atom. The van der Waals surface area contributed by atoms with Gasteiger partial charge in [0, 0.05) is 19.4 Å². The molecule has 3 N–H and O–H groups in total. The number of rotatable bonds is 65. The first-order valence-electron chi connectivity index (χ1n) is 34.1. The molecule has 0 aromatic heterocycles. The van der Waals surface area contributed by atoms with Crippen molar-refractivity contribution in [2.75, 3.05) is 26.4 Å². The van der Waals surface area contributed by atoms with Gasteiger partial charge in [-0.25, -0.2) is 4.57 Å². The maximum atomic E-state index is 12.7. The third kappa shape index (κ3) is 65.0. The van der Waals surface area contributed by atoms with Crippen LogP contribution >= 0.6 is 7.82 Å². The maximum absolute atomic E-state index is 12.7. The molecule has 2 unspecified atom stereocenters. The summed E-state index contributed by atoms with van der Waals surface area (Å²) in [4.78, 5) is 35.3. The normalized spacial score (nSPS) is 13.2. The zero-order valence-electron chi connectivity index (χ0n) is 52.1. The Morgan fingerprint density at radius 2 is 0.696 bits per heavy atom. The van der Waals surface area contributed by atoms with Crippen molar-refractivity contribution in [3.63, 3.8) is 0 Å². The number of ether oxygens (including phenoxy) is 2. The number of phosphoric acid groups is 1. The van der Waals surface area contributed by atoms with Gasteiger partial charge in [-0.3, -0.25) is 18.6 Å². The summed E-state index contributed by atoms with van der Waals surface area (Å²) in [5.74, 6) is -0.805. The number of hydrogen-bond acceptors (Lipinski definition) is 8. The summed E-state index contributed by atoms with van der Waals surface area (Å²) in [7, 11) is -4.39. The fraction of sp³-hybridized carbons (Fsp3) is 0.855. The van der Waals surface area contributed by atoms with Crippen LogP contribution in [0, 0.1) is 0 Å². The van der Waals surface area contributed by atoms with Gasteiger partial charge in [0.2, 0.25) is 0 Å². The molecule has 0 spiro atoms. The van der Waals surface area contributed by atoms with Crippen molar-refractivity contribution in [3.05, 3.63) is 48.6 Å². The van der Waals surface area contributed by atoms with Gasteiger partial charge >= 0.3 is 19.8 Å². The van der Waals surface area contributed by atoms with E-state index in [0.29, 0.717) is 6.42 Å². The predicted octanol–water partition coefficient (Wildman–Crippen LogP) is 22.1. The van der Waals surface area contributed by atoms with E-state index in [0.717, 1.165) is 57.8 Å². The topological polar surface area (TPSA) is 134 Å². The van der Waals surface area contributed by atoms with Gasteiger partial charge in [-0.1, -0.05) is 332 Å². The Hall–Kier alpha value is -2.03. The van der Waals surface area contributed by atoms with Gasteiger partial charge in [0.25, 0.3) is 0 Å². The molecule has 0 saturated heterocycles. The first-order valence-corrected chi connectivity index (χ1v) is 35.6. The predicted molar refractivity (Wildman–Crippen MR) is 340 cm³/mol. The highest BCUT2D eigenvalue weighted by molar-refractivity contribution is 7.47. The van der Waals surface area contributed by atoms with E-state index < -0.39 is 26.5 Å². The Bertz CT molecular complexity index is 1430. The minimum Gasteiger partial charge on any atom is -0.462 e. The van der Waals surface area contributed by atoms with E-state index in [4.69, 9.17) is 24.3 Å². The van der Waals surface area contributed by atoms with Crippen LogP contribution in [0.2, 0.25) is 0 Å². The van der Waals surface area contributed by atoms with Gasteiger partial charge in [-0.05, 0) is 51.4 Å². The van der Waals surface area contributed by atoms with Crippen molar-refractivity contribution in [1.29, 1.82) is 0 Å². The molecule has 2 atom stereocenters. The van der Waals surface area contributed by atoms with Gasteiger partial charge in [0.1, 0.15) is 6.61 Å². The van der Waals surface area contributed by atoms with Crippen LogP contribution in [-0.2, 0) is 32.7 Å². The molecule has 464 valence electrons. The molecule has 0 bridgehead atoms. The van der Waals surface area contributed by atoms with Crippen molar-refractivity contribution >= 4 is 19.8 Å². The maximum Gasteiger partial charge on any atom is 0.472 e. The number of hydrogen-bond donors (Lipinski definition) is 2. The summed E-state index contributed by atoms with van der Waals surface area (Å²) in [6, 6.07) is 0. The van der Waals surface area contributed by atoms with Crippen molar-refractivity contribution in [2.24, 2.45) is 5.73 Å². The SMILES string of the molecule is CC/C=C\C/C=C\C/C=C\C/C=C\CCCCCCCCCCCCCCCCCCCCCCCCCCCCC(=O)OC(COC(=O)CCCCCCCCCCCCCCCCCCCCC)COP(=O)(O)OCCN. The molecule has 0 saturated carbocycles. The highest BCUT2D eigenvalue weighted by Gasteiger charge is 2.26. The molecular formula is C69H130NO8P. The van der Waals surface area contributed by atoms with Gasteiger partial charge < -0.3 is 20.1 Å². The summed E-state index contributed by atoms with van der Waals surface area (Å²) >= 11 is 0. The smallest absolute Gasteiger partial charge is 0.462 e. The summed E-state index contributed by atoms with van der Waals surface area (Å²) < 4.78 is 33.1. The van der Waals surface area contributed by atoms with Crippen molar-refractivity contribution in [1.82, 2.24) is 0 Å². The van der Waals surface area contributed by atoms with Crippen LogP contribution < -0.4 is 5.73 Å². The van der Waals surface area contributed by atoms with E-state index in [2.05, 4.69) is 62.5 Å². The van der Waals surface area contributed by atoms with Crippen LogP contribution in [0.5, 0.6) is 0 Å². The lowest BCUT2D eigenvalue weighted by Crippen LogP contribution is -2.29. The number of phosphoric ester groups is 1. The Kier molecular flexibility index (Phi) is 63.5. The number of allylic oxidation sites excluding steroid dienone is 8. The first kappa shape index (κ1) is 77.0. The Balaban J connectivity index is 3.76. The molecule has 0 aliphatic heterocycles. The minimum absolute atomic E-state index is 0.0565. The highest BCUT2D eigenvalue weighted by atomic mass is 31.2. The van der Waals surface area contributed by atoms with E-state index in [1.165, 1.54) is 257 Å². The third-order valence-electron chi connectivity index (χ3n) is 15.2. The molecule has 9 nitrogen and oxygen atoms in total. The second-order valence-electron chi connectivity index (χ2n) is 23.0. The van der Waals surface area contributed by atoms with Gasteiger partial charge in [-0.2, -0.15) is 0 Å². The molecule has 0 aliphatic rings. The molecule has 0 heterocycles. The Morgan fingerprint density at radius 3 is 1.04 bits per heavy atom. The molecule has 0 radical (unpaired) electrons. The van der Waals surface area contributed by atoms with E-state index in [-0.39, 0.29) is 38.6 Å². The Labute approximate surface area is 489 Å².